The summed E-state index contributed by atoms with van der Waals surface area (Å²) in [6.45, 7) is 6.35. The van der Waals surface area contributed by atoms with Gasteiger partial charge in [0.25, 0.3) is 0 Å². The number of ether oxygens (including phenoxy) is 4. The van der Waals surface area contributed by atoms with Gasteiger partial charge in [0.1, 0.15) is 11.4 Å². The van der Waals surface area contributed by atoms with Crippen molar-refractivity contribution in [3.63, 3.8) is 0 Å². The van der Waals surface area contributed by atoms with E-state index in [1.54, 1.807) is 27.9 Å². The van der Waals surface area contributed by atoms with Crippen LogP contribution < -0.4 is 10.1 Å². The van der Waals surface area contributed by atoms with Crippen molar-refractivity contribution in [2.45, 2.75) is 38.8 Å². The van der Waals surface area contributed by atoms with Crippen molar-refractivity contribution in [2.75, 3.05) is 33.7 Å². The number of methoxy groups -OCH3 is 1. The topological polar surface area (TPSA) is 86.3 Å². The lowest BCUT2D eigenvalue weighted by atomic mass is 10.1. The van der Waals surface area contributed by atoms with Crippen molar-refractivity contribution in [3.05, 3.63) is 29.8 Å². The van der Waals surface area contributed by atoms with Crippen molar-refractivity contribution >= 4 is 6.09 Å². The molecule has 7 nitrogen and oxygen atoms in total. The SMILES string of the molecule is COCCOCOc1ccc(CC(CO)NC(=O)OC(C)(C)C)cc1. The van der Waals surface area contributed by atoms with Crippen molar-refractivity contribution < 1.29 is 28.8 Å². The summed E-state index contributed by atoms with van der Waals surface area (Å²) in [4.78, 5) is 11.8. The quantitative estimate of drug-likeness (QED) is 0.494. The summed E-state index contributed by atoms with van der Waals surface area (Å²) in [5, 5.41) is 12.1. The average molecular weight is 355 g/mol. The zero-order valence-corrected chi connectivity index (χ0v) is 15.4. The van der Waals surface area contributed by atoms with Gasteiger partial charge in [0.15, 0.2) is 6.79 Å². The third kappa shape index (κ3) is 9.91. The minimum Gasteiger partial charge on any atom is -0.468 e. The van der Waals surface area contributed by atoms with Gasteiger partial charge in [-0.2, -0.15) is 0 Å². The fourth-order valence-electron chi connectivity index (χ4n) is 1.95. The fraction of sp³-hybridized carbons (Fsp3) is 0.611. The molecule has 0 heterocycles. The smallest absolute Gasteiger partial charge is 0.407 e. The molecule has 1 amide bonds. The van der Waals surface area contributed by atoms with E-state index < -0.39 is 17.7 Å². The third-order valence-electron chi connectivity index (χ3n) is 3.09. The number of carbonyl (C=O) groups excluding carboxylic acids is 1. The number of rotatable bonds is 10. The zero-order chi connectivity index (χ0) is 18.7. The maximum Gasteiger partial charge on any atom is 0.407 e. The molecule has 0 aliphatic carbocycles. The van der Waals surface area contributed by atoms with E-state index in [2.05, 4.69) is 5.32 Å². The summed E-state index contributed by atoms with van der Waals surface area (Å²) >= 11 is 0. The summed E-state index contributed by atoms with van der Waals surface area (Å²) < 4.78 is 20.7. The molecule has 1 aromatic rings. The Balaban J connectivity index is 2.42. The molecule has 0 fully saturated rings. The molecular weight excluding hydrogens is 326 g/mol. The van der Waals surface area contributed by atoms with Crippen LogP contribution in [0, 0.1) is 0 Å². The third-order valence-corrected chi connectivity index (χ3v) is 3.09. The van der Waals surface area contributed by atoms with E-state index in [-0.39, 0.29) is 13.4 Å². The van der Waals surface area contributed by atoms with E-state index >= 15 is 0 Å². The number of hydrogen-bond acceptors (Lipinski definition) is 6. The molecule has 25 heavy (non-hydrogen) atoms. The molecule has 1 aromatic carbocycles. The number of aliphatic hydroxyl groups is 1. The highest BCUT2D eigenvalue weighted by Crippen LogP contribution is 2.14. The van der Waals surface area contributed by atoms with Gasteiger partial charge in [-0.25, -0.2) is 4.79 Å². The molecule has 1 rings (SSSR count). The first-order valence-electron chi connectivity index (χ1n) is 8.23. The second kappa shape index (κ2) is 10.9. The maximum atomic E-state index is 11.8. The Morgan fingerprint density at radius 3 is 2.44 bits per heavy atom. The molecule has 1 unspecified atom stereocenters. The molecule has 0 spiro atoms. The Morgan fingerprint density at radius 1 is 1.20 bits per heavy atom. The van der Waals surface area contributed by atoms with Crippen LogP contribution in [0.15, 0.2) is 24.3 Å². The number of carbonyl (C=O) groups is 1. The van der Waals surface area contributed by atoms with E-state index in [9.17, 15) is 9.90 Å². The molecule has 2 N–H and O–H groups in total. The molecule has 0 radical (unpaired) electrons. The molecule has 0 aliphatic heterocycles. The van der Waals surface area contributed by atoms with E-state index in [0.29, 0.717) is 25.4 Å². The summed E-state index contributed by atoms with van der Waals surface area (Å²) in [6, 6.07) is 6.97. The molecule has 1 atom stereocenters. The van der Waals surface area contributed by atoms with Gasteiger partial charge in [-0.15, -0.1) is 0 Å². The lowest BCUT2D eigenvalue weighted by Crippen LogP contribution is -2.42. The number of aliphatic hydroxyl groups excluding tert-OH is 1. The monoisotopic (exact) mass is 355 g/mol. The highest BCUT2D eigenvalue weighted by Gasteiger charge is 2.19. The number of amides is 1. The van der Waals surface area contributed by atoms with Crippen LogP contribution in [0.3, 0.4) is 0 Å². The molecular formula is C18H29NO6. The van der Waals surface area contributed by atoms with Gasteiger partial charge >= 0.3 is 6.09 Å². The maximum absolute atomic E-state index is 11.8. The van der Waals surface area contributed by atoms with Crippen LogP contribution in [-0.4, -0.2) is 56.6 Å². The van der Waals surface area contributed by atoms with Crippen LogP contribution in [0.2, 0.25) is 0 Å². The number of nitrogens with one attached hydrogen (secondary N) is 1. The second-order valence-electron chi connectivity index (χ2n) is 6.54. The van der Waals surface area contributed by atoms with Gasteiger partial charge < -0.3 is 29.4 Å². The van der Waals surface area contributed by atoms with Crippen molar-refractivity contribution in [2.24, 2.45) is 0 Å². The first-order valence-corrected chi connectivity index (χ1v) is 8.23. The molecule has 7 heteroatoms. The Bertz CT molecular complexity index is 497. The van der Waals surface area contributed by atoms with Gasteiger partial charge in [-0.3, -0.25) is 0 Å². The molecule has 142 valence electrons. The van der Waals surface area contributed by atoms with E-state index in [1.165, 1.54) is 0 Å². The van der Waals surface area contributed by atoms with Crippen LogP contribution >= 0.6 is 0 Å². The van der Waals surface area contributed by atoms with E-state index in [0.717, 1.165) is 5.56 Å². The Labute approximate surface area is 149 Å². The van der Waals surface area contributed by atoms with Crippen molar-refractivity contribution in [3.8, 4) is 5.75 Å². The van der Waals surface area contributed by atoms with Crippen LogP contribution in [0.1, 0.15) is 26.3 Å². The zero-order valence-electron chi connectivity index (χ0n) is 15.4. The predicted molar refractivity (Wildman–Crippen MR) is 93.7 cm³/mol. The Morgan fingerprint density at radius 2 is 1.88 bits per heavy atom. The summed E-state index contributed by atoms with van der Waals surface area (Å²) in [6.07, 6.45) is -0.0555. The Kier molecular flexibility index (Phi) is 9.26. The second-order valence-corrected chi connectivity index (χ2v) is 6.54. The van der Waals surface area contributed by atoms with Crippen LogP contribution in [0.4, 0.5) is 4.79 Å². The minimum absolute atomic E-state index is 0.155. The van der Waals surface area contributed by atoms with Crippen molar-refractivity contribution in [1.29, 1.82) is 0 Å². The molecule has 0 aliphatic rings. The summed E-state index contributed by atoms with van der Waals surface area (Å²) in [5.74, 6) is 0.682. The number of benzene rings is 1. The molecule has 0 aromatic heterocycles. The van der Waals surface area contributed by atoms with Gasteiger partial charge in [-0.05, 0) is 44.9 Å². The van der Waals surface area contributed by atoms with E-state index in [1.807, 2.05) is 24.3 Å². The van der Waals surface area contributed by atoms with Crippen LogP contribution in [0.5, 0.6) is 5.75 Å². The first-order chi connectivity index (χ1) is 11.8. The van der Waals surface area contributed by atoms with Crippen LogP contribution in [0.25, 0.3) is 0 Å². The first kappa shape index (κ1) is 21.2. The lowest BCUT2D eigenvalue weighted by Gasteiger charge is -2.22. The number of alkyl carbamates (subject to hydrolysis) is 1. The van der Waals surface area contributed by atoms with Gasteiger partial charge in [0.05, 0.1) is 25.9 Å². The minimum atomic E-state index is -0.575. The van der Waals surface area contributed by atoms with Gasteiger partial charge in [0, 0.05) is 7.11 Å². The van der Waals surface area contributed by atoms with E-state index in [4.69, 9.17) is 18.9 Å². The van der Waals surface area contributed by atoms with Crippen LogP contribution in [-0.2, 0) is 20.6 Å². The molecule has 0 bridgehead atoms. The normalized spacial score (nSPS) is 12.5. The van der Waals surface area contributed by atoms with Gasteiger partial charge in [-0.1, -0.05) is 12.1 Å². The summed E-state index contributed by atoms with van der Waals surface area (Å²) in [5.41, 5.74) is 0.386. The molecule has 0 saturated carbocycles. The predicted octanol–water partition coefficient (Wildman–Crippen LogP) is 2.11. The largest absolute Gasteiger partial charge is 0.468 e. The number of hydrogen-bond donors (Lipinski definition) is 2. The van der Waals surface area contributed by atoms with Gasteiger partial charge in [0.2, 0.25) is 0 Å². The standard InChI is InChI=1S/C18H29NO6/c1-18(2,3)25-17(21)19-15(12-20)11-14-5-7-16(8-6-14)24-13-23-10-9-22-4/h5-8,15,20H,9-13H2,1-4H3,(H,19,21). The highest BCUT2D eigenvalue weighted by molar-refractivity contribution is 5.68. The lowest BCUT2D eigenvalue weighted by molar-refractivity contribution is -0.00848. The summed E-state index contributed by atoms with van der Waals surface area (Å²) in [7, 11) is 1.61. The highest BCUT2D eigenvalue weighted by atomic mass is 16.7. The van der Waals surface area contributed by atoms with Crippen molar-refractivity contribution in [1.82, 2.24) is 5.32 Å². The average Bonchev–Trinajstić information content (AvgIpc) is 2.53. The fourth-order valence-corrected chi connectivity index (χ4v) is 1.95. The Hall–Kier alpha value is -1.83. The molecule has 0 saturated heterocycles.